The van der Waals surface area contributed by atoms with Gasteiger partial charge in [0.1, 0.15) is 12.4 Å². The van der Waals surface area contributed by atoms with E-state index in [1.165, 1.54) is 11.1 Å². The summed E-state index contributed by atoms with van der Waals surface area (Å²) < 4.78 is 1.59. The second-order valence-electron chi connectivity index (χ2n) is 7.09. The molecule has 0 spiro atoms. The lowest BCUT2D eigenvalue weighted by atomic mass is 10.0. The van der Waals surface area contributed by atoms with Gasteiger partial charge >= 0.3 is 0 Å². The first-order valence-electron chi connectivity index (χ1n) is 8.77. The number of nitrogens with zero attached hydrogens (tertiary/aromatic N) is 4. The largest absolute Gasteiger partial charge is 0.384 e. The Bertz CT molecular complexity index is 735. The molecular formula is C19H27N5O. The molecule has 25 heavy (non-hydrogen) atoms. The molecule has 2 heterocycles. The standard InChI is InChI=1S/C19H27N5O/c1-14-11-18(20)24(21-14)13-19(25)23-10-4-5-17(23)16-8-6-15(7-9-16)12-22(2)3/h6-9,11,17H,4-5,10,12-13,20H2,1-3H3/t17-/m0/s1. The summed E-state index contributed by atoms with van der Waals surface area (Å²) >= 11 is 0. The lowest BCUT2D eigenvalue weighted by Gasteiger charge is -2.25. The van der Waals surface area contributed by atoms with Crippen LogP contribution in [0.3, 0.4) is 0 Å². The molecule has 1 atom stereocenters. The number of rotatable bonds is 5. The van der Waals surface area contributed by atoms with Crippen molar-refractivity contribution in [2.24, 2.45) is 0 Å². The van der Waals surface area contributed by atoms with E-state index < -0.39 is 0 Å². The van der Waals surface area contributed by atoms with E-state index >= 15 is 0 Å². The topological polar surface area (TPSA) is 67.4 Å². The molecule has 1 aromatic heterocycles. The number of hydrogen-bond acceptors (Lipinski definition) is 4. The van der Waals surface area contributed by atoms with Crippen LogP contribution in [0.5, 0.6) is 0 Å². The first-order chi connectivity index (χ1) is 11.9. The maximum Gasteiger partial charge on any atom is 0.244 e. The van der Waals surface area contributed by atoms with Crippen molar-refractivity contribution in [3.8, 4) is 0 Å². The fourth-order valence-electron chi connectivity index (χ4n) is 3.53. The molecule has 6 nitrogen and oxygen atoms in total. The monoisotopic (exact) mass is 341 g/mol. The summed E-state index contributed by atoms with van der Waals surface area (Å²) in [7, 11) is 4.13. The Balaban J connectivity index is 1.71. The quantitative estimate of drug-likeness (QED) is 0.905. The molecule has 1 amide bonds. The number of hydrogen-bond donors (Lipinski definition) is 1. The van der Waals surface area contributed by atoms with E-state index in [2.05, 4.69) is 48.4 Å². The Morgan fingerprint density at radius 1 is 1.32 bits per heavy atom. The van der Waals surface area contributed by atoms with Crippen LogP contribution in [0.25, 0.3) is 0 Å². The lowest BCUT2D eigenvalue weighted by Crippen LogP contribution is -2.34. The number of amides is 1. The van der Waals surface area contributed by atoms with Crippen LogP contribution in [0.4, 0.5) is 5.82 Å². The molecule has 0 radical (unpaired) electrons. The zero-order chi connectivity index (χ0) is 18.0. The molecule has 6 heteroatoms. The van der Waals surface area contributed by atoms with Crippen molar-refractivity contribution in [2.45, 2.75) is 38.9 Å². The van der Waals surface area contributed by atoms with Gasteiger partial charge in [-0.25, -0.2) is 4.68 Å². The fraction of sp³-hybridized carbons (Fsp3) is 0.474. The molecule has 0 aliphatic carbocycles. The zero-order valence-corrected chi connectivity index (χ0v) is 15.3. The van der Waals surface area contributed by atoms with Gasteiger partial charge in [0.05, 0.1) is 11.7 Å². The van der Waals surface area contributed by atoms with Crippen molar-refractivity contribution in [3.63, 3.8) is 0 Å². The number of aromatic nitrogens is 2. The lowest BCUT2D eigenvalue weighted by molar-refractivity contribution is -0.132. The van der Waals surface area contributed by atoms with Crippen molar-refractivity contribution in [2.75, 3.05) is 26.4 Å². The minimum absolute atomic E-state index is 0.0784. The Labute approximate surface area is 149 Å². The van der Waals surface area contributed by atoms with Crippen molar-refractivity contribution in [1.82, 2.24) is 19.6 Å². The second-order valence-corrected chi connectivity index (χ2v) is 7.09. The van der Waals surface area contributed by atoms with Gasteiger partial charge in [-0.3, -0.25) is 4.79 Å². The van der Waals surface area contributed by atoms with Crippen LogP contribution in [-0.4, -0.2) is 46.1 Å². The van der Waals surface area contributed by atoms with Crippen LogP contribution in [-0.2, 0) is 17.9 Å². The first-order valence-corrected chi connectivity index (χ1v) is 8.77. The number of aryl methyl sites for hydroxylation is 1. The van der Waals surface area contributed by atoms with Gasteiger partial charge in [0.2, 0.25) is 5.91 Å². The highest BCUT2D eigenvalue weighted by Gasteiger charge is 2.30. The molecule has 2 N–H and O–H groups in total. The summed E-state index contributed by atoms with van der Waals surface area (Å²) in [6.07, 6.45) is 2.04. The third-order valence-corrected chi connectivity index (χ3v) is 4.65. The van der Waals surface area contributed by atoms with Gasteiger partial charge in [0.25, 0.3) is 0 Å². The van der Waals surface area contributed by atoms with Crippen LogP contribution in [0, 0.1) is 6.92 Å². The average Bonchev–Trinajstić information content (AvgIpc) is 3.14. The molecule has 1 fully saturated rings. The highest BCUT2D eigenvalue weighted by atomic mass is 16.2. The van der Waals surface area contributed by atoms with Crippen LogP contribution in [0.15, 0.2) is 30.3 Å². The maximum atomic E-state index is 12.8. The highest BCUT2D eigenvalue weighted by molar-refractivity contribution is 5.77. The van der Waals surface area contributed by atoms with Crippen molar-refractivity contribution >= 4 is 11.7 Å². The van der Waals surface area contributed by atoms with Crippen molar-refractivity contribution < 1.29 is 4.79 Å². The molecule has 0 saturated carbocycles. The molecule has 1 aliphatic rings. The summed E-state index contributed by atoms with van der Waals surface area (Å²) in [6, 6.07) is 10.6. The van der Waals surface area contributed by atoms with E-state index in [0.717, 1.165) is 31.6 Å². The van der Waals surface area contributed by atoms with E-state index in [0.29, 0.717) is 5.82 Å². The third-order valence-electron chi connectivity index (χ3n) is 4.65. The van der Waals surface area contributed by atoms with Gasteiger partial charge in [-0.05, 0) is 45.0 Å². The smallest absolute Gasteiger partial charge is 0.244 e. The summed E-state index contributed by atoms with van der Waals surface area (Å²) in [5.41, 5.74) is 9.24. The van der Waals surface area contributed by atoms with Gasteiger partial charge in [0, 0.05) is 19.2 Å². The van der Waals surface area contributed by atoms with Crippen LogP contribution in [0.2, 0.25) is 0 Å². The number of carbonyl (C=O) groups is 1. The Kier molecular flexibility index (Phi) is 5.08. The van der Waals surface area contributed by atoms with E-state index in [-0.39, 0.29) is 18.5 Å². The van der Waals surface area contributed by atoms with Gasteiger partial charge in [0.15, 0.2) is 0 Å². The SMILES string of the molecule is Cc1cc(N)n(CC(=O)N2CCC[C@H]2c2ccc(CN(C)C)cc2)n1. The molecule has 1 aliphatic heterocycles. The molecule has 0 unspecified atom stereocenters. The molecule has 2 aromatic rings. The third kappa shape index (κ3) is 4.02. The Hall–Kier alpha value is -2.34. The van der Waals surface area contributed by atoms with E-state index in [1.54, 1.807) is 10.7 Å². The summed E-state index contributed by atoms with van der Waals surface area (Å²) in [4.78, 5) is 16.9. The Morgan fingerprint density at radius 3 is 2.64 bits per heavy atom. The van der Waals surface area contributed by atoms with Gasteiger partial charge in [-0.1, -0.05) is 24.3 Å². The molecule has 0 bridgehead atoms. The summed E-state index contributed by atoms with van der Waals surface area (Å²) in [6.45, 7) is 3.80. The number of benzene rings is 1. The molecule has 3 rings (SSSR count). The first kappa shape index (κ1) is 17.5. The van der Waals surface area contributed by atoms with E-state index in [4.69, 9.17) is 5.73 Å². The average molecular weight is 341 g/mol. The summed E-state index contributed by atoms with van der Waals surface area (Å²) in [5, 5.41) is 4.30. The normalized spacial score (nSPS) is 17.4. The van der Waals surface area contributed by atoms with Crippen LogP contribution >= 0.6 is 0 Å². The molecular weight excluding hydrogens is 314 g/mol. The second kappa shape index (κ2) is 7.27. The van der Waals surface area contributed by atoms with Crippen LogP contribution in [0.1, 0.15) is 35.7 Å². The highest BCUT2D eigenvalue weighted by Crippen LogP contribution is 2.32. The maximum absolute atomic E-state index is 12.8. The van der Waals surface area contributed by atoms with Gasteiger partial charge in [-0.2, -0.15) is 5.10 Å². The number of nitrogen functional groups attached to an aromatic ring is 1. The van der Waals surface area contributed by atoms with Crippen molar-refractivity contribution in [1.29, 1.82) is 0 Å². The Morgan fingerprint density at radius 2 is 2.04 bits per heavy atom. The predicted octanol–water partition coefficient (Wildman–Crippen LogP) is 2.20. The number of likely N-dealkylation sites (tertiary alicyclic amines) is 1. The number of anilines is 1. The molecule has 134 valence electrons. The van der Waals surface area contributed by atoms with E-state index in [9.17, 15) is 4.79 Å². The zero-order valence-electron chi connectivity index (χ0n) is 15.3. The van der Waals surface area contributed by atoms with Crippen LogP contribution < -0.4 is 5.73 Å². The number of nitrogens with two attached hydrogens (primary N) is 1. The summed E-state index contributed by atoms with van der Waals surface area (Å²) in [5.74, 6) is 0.615. The molecule has 1 aromatic carbocycles. The van der Waals surface area contributed by atoms with Gasteiger partial charge in [-0.15, -0.1) is 0 Å². The minimum atomic E-state index is 0.0784. The van der Waals surface area contributed by atoms with Crippen molar-refractivity contribution in [3.05, 3.63) is 47.2 Å². The minimum Gasteiger partial charge on any atom is -0.384 e. The number of carbonyl (C=O) groups excluding carboxylic acids is 1. The molecule has 1 saturated heterocycles. The van der Waals surface area contributed by atoms with Gasteiger partial charge < -0.3 is 15.5 Å². The predicted molar refractivity (Wildman–Crippen MR) is 98.9 cm³/mol. The van der Waals surface area contributed by atoms with E-state index in [1.807, 2.05) is 11.8 Å². The fourth-order valence-corrected chi connectivity index (χ4v) is 3.53.